The lowest BCUT2D eigenvalue weighted by atomic mass is 10.3. The molecule has 1 aromatic heterocycles. The van der Waals surface area contributed by atoms with Crippen molar-refractivity contribution >= 4 is 17.1 Å². The van der Waals surface area contributed by atoms with E-state index in [-0.39, 0.29) is 0 Å². The Hall–Kier alpha value is -1.55. The second-order valence-electron chi connectivity index (χ2n) is 3.53. The molecule has 0 saturated carbocycles. The Bertz CT molecular complexity index is 405. The predicted octanol–water partition coefficient (Wildman–Crippen LogP) is 1.61. The number of hydrogen-bond acceptors (Lipinski definition) is 4. The smallest absolute Gasteiger partial charge is 0.298 e. The van der Waals surface area contributed by atoms with Crippen LogP contribution in [0.15, 0.2) is 28.7 Å². The van der Waals surface area contributed by atoms with Gasteiger partial charge in [0.25, 0.3) is 6.01 Å². The molecule has 0 saturated heterocycles. The molecule has 2 rings (SSSR count). The Morgan fingerprint density at radius 2 is 2.20 bits per heavy atom. The average Bonchev–Trinajstić information content (AvgIpc) is 2.69. The first kappa shape index (κ1) is 9.98. The van der Waals surface area contributed by atoms with Gasteiger partial charge >= 0.3 is 0 Å². The van der Waals surface area contributed by atoms with E-state index in [0.717, 1.165) is 24.1 Å². The van der Waals surface area contributed by atoms with Crippen LogP contribution in [0, 0.1) is 0 Å². The molecule has 0 fully saturated rings. The van der Waals surface area contributed by atoms with Crippen molar-refractivity contribution in [2.24, 2.45) is 5.73 Å². The monoisotopic (exact) mass is 205 g/mol. The maximum Gasteiger partial charge on any atom is 0.298 e. The largest absolute Gasteiger partial charge is 0.423 e. The molecule has 0 amide bonds. The summed E-state index contributed by atoms with van der Waals surface area (Å²) >= 11 is 0. The van der Waals surface area contributed by atoms with Crippen LogP contribution < -0.4 is 10.6 Å². The maximum atomic E-state index is 5.60. The Labute approximate surface area is 88.7 Å². The quantitative estimate of drug-likeness (QED) is 0.824. The zero-order valence-corrected chi connectivity index (χ0v) is 8.81. The number of rotatable bonds is 4. The van der Waals surface area contributed by atoms with Crippen molar-refractivity contribution in [2.75, 3.05) is 25.0 Å². The molecule has 0 bridgehead atoms. The summed E-state index contributed by atoms with van der Waals surface area (Å²) in [4.78, 5) is 6.36. The third kappa shape index (κ3) is 2.10. The van der Waals surface area contributed by atoms with Crippen LogP contribution in [0.4, 0.5) is 6.01 Å². The molecule has 0 aliphatic carbocycles. The van der Waals surface area contributed by atoms with E-state index >= 15 is 0 Å². The summed E-state index contributed by atoms with van der Waals surface area (Å²) in [6, 6.07) is 8.41. The van der Waals surface area contributed by atoms with Gasteiger partial charge in [-0.1, -0.05) is 12.1 Å². The van der Waals surface area contributed by atoms with Crippen LogP contribution in [0.25, 0.3) is 11.1 Å². The Balaban J connectivity index is 2.20. The third-order valence-electron chi connectivity index (χ3n) is 2.31. The lowest BCUT2D eigenvalue weighted by Gasteiger charge is -2.12. The summed E-state index contributed by atoms with van der Waals surface area (Å²) < 4.78 is 5.60. The highest BCUT2D eigenvalue weighted by molar-refractivity contribution is 5.74. The molecule has 4 nitrogen and oxygen atoms in total. The number of oxazole rings is 1. The van der Waals surface area contributed by atoms with E-state index in [1.54, 1.807) is 0 Å². The van der Waals surface area contributed by atoms with Crippen molar-refractivity contribution in [1.82, 2.24) is 4.98 Å². The number of fused-ring (bicyclic) bond motifs is 1. The van der Waals surface area contributed by atoms with Crippen LogP contribution in [0.2, 0.25) is 0 Å². The molecule has 0 spiro atoms. The molecule has 0 atom stereocenters. The van der Waals surface area contributed by atoms with Crippen LogP contribution in [0.3, 0.4) is 0 Å². The van der Waals surface area contributed by atoms with E-state index < -0.39 is 0 Å². The van der Waals surface area contributed by atoms with Crippen molar-refractivity contribution in [1.29, 1.82) is 0 Å². The van der Waals surface area contributed by atoms with E-state index in [1.807, 2.05) is 36.2 Å². The topological polar surface area (TPSA) is 55.3 Å². The van der Waals surface area contributed by atoms with Gasteiger partial charge in [-0.25, -0.2) is 0 Å². The van der Waals surface area contributed by atoms with Gasteiger partial charge in [0.15, 0.2) is 5.58 Å². The van der Waals surface area contributed by atoms with Gasteiger partial charge in [0.05, 0.1) is 0 Å². The fourth-order valence-corrected chi connectivity index (χ4v) is 1.45. The number of anilines is 1. The second-order valence-corrected chi connectivity index (χ2v) is 3.53. The summed E-state index contributed by atoms with van der Waals surface area (Å²) in [6.07, 6.45) is 0.940. The van der Waals surface area contributed by atoms with Crippen LogP contribution in [0.1, 0.15) is 6.42 Å². The minimum atomic E-state index is 0.657. The molecule has 1 aromatic carbocycles. The average molecular weight is 205 g/mol. The first-order valence-corrected chi connectivity index (χ1v) is 5.08. The van der Waals surface area contributed by atoms with E-state index in [9.17, 15) is 0 Å². The number of para-hydroxylation sites is 2. The first-order chi connectivity index (χ1) is 7.31. The zero-order chi connectivity index (χ0) is 10.7. The molecule has 4 heteroatoms. The van der Waals surface area contributed by atoms with Gasteiger partial charge < -0.3 is 15.1 Å². The van der Waals surface area contributed by atoms with Crippen LogP contribution in [-0.4, -0.2) is 25.1 Å². The Kier molecular flexibility index (Phi) is 2.87. The van der Waals surface area contributed by atoms with Crippen molar-refractivity contribution in [3.63, 3.8) is 0 Å². The Morgan fingerprint density at radius 3 is 2.93 bits per heavy atom. The lowest BCUT2D eigenvalue weighted by molar-refractivity contribution is 0.579. The fourth-order valence-electron chi connectivity index (χ4n) is 1.45. The van der Waals surface area contributed by atoms with Gasteiger partial charge in [-0.2, -0.15) is 4.98 Å². The van der Waals surface area contributed by atoms with Crippen LogP contribution in [-0.2, 0) is 0 Å². The number of nitrogens with zero attached hydrogens (tertiary/aromatic N) is 2. The number of hydrogen-bond donors (Lipinski definition) is 1. The zero-order valence-electron chi connectivity index (χ0n) is 8.81. The summed E-state index contributed by atoms with van der Waals surface area (Å²) in [5.74, 6) is 0. The molecule has 0 aliphatic heterocycles. The predicted molar refractivity (Wildman–Crippen MR) is 61.0 cm³/mol. The molecule has 15 heavy (non-hydrogen) atoms. The van der Waals surface area contributed by atoms with Crippen LogP contribution >= 0.6 is 0 Å². The third-order valence-corrected chi connectivity index (χ3v) is 2.31. The van der Waals surface area contributed by atoms with Gasteiger partial charge in [-0.3, -0.25) is 0 Å². The fraction of sp³-hybridized carbons (Fsp3) is 0.364. The molecule has 0 aliphatic rings. The molecule has 2 N–H and O–H groups in total. The molecule has 2 aromatic rings. The highest BCUT2D eigenvalue weighted by Gasteiger charge is 2.08. The number of nitrogens with two attached hydrogens (primary N) is 1. The minimum Gasteiger partial charge on any atom is -0.423 e. The van der Waals surface area contributed by atoms with Gasteiger partial charge in [0.2, 0.25) is 0 Å². The van der Waals surface area contributed by atoms with E-state index in [4.69, 9.17) is 10.2 Å². The standard InChI is InChI=1S/C11H15N3O/c1-14(8-4-7-12)11-13-9-5-2-3-6-10(9)15-11/h2-3,5-6H,4,7-8,12H2,1H3. The maximum absolute atomic E-state index is 5.60. The molecule has 0 unspecified atom stereocenters. The van der Waals surface area contributed by atoms with E-state index in [2.05, 4.69) is 4.98 Å². The highest BCUT2D eigenvalue weighted by Crippen LogP contribution is 2.20. The second kappa shape index (κ2) is 4.31. The number of benzene rings is 1. The van der Waals surface area contributed by atoms with Gasteiger partial charge in [-0.05, 0) is 25.1 Å². The molecule has 80 valence electrons. The number of aromatic nitrogens is 1. The first-order valence-electron chi connectivity index (χ1n) is 5.08. The summed E-state index contributed by atoms with van der Waals surface area (Å²) in [5, 5.41) is 0. The molecular formula is C11H15N3O. The SMILES string of the molecule is CN(CCCN)c1nc2ccccc2o1. The summed E-state index contributed by atoms with van der Waals surface area (Å²) in [5.41, 5.74) is 7.17. The molecule has 1 heterocycles. The van der Waals surface area contributed by atoms with Crippen molar-refractivity contribution < 1.29 is 4.42 Å². The summed E-state index contributed by atoms with van der Waals surface area (Å²) in [6.45, 7) is 1.55. The van der Waals surface area contributed by atoms with E-state index in [0.29, 0.717) is 12.6 Å². The van der Waals surface area contributed by atoms with Crippen molar-refractivity contribution in [3.05, 3.63) is 24.3 Å². The van der Waals surface area contributed by atoms with Gasteiger partial charge in [0, 0.05) is 13.6 Å². The lowest BCUT2D eigenvalue weighted by Crippen LogP contribution is -2.21. The Morgan fingerprint density at radius 1 is 1.40 bits per heavy atom. The van der Waals surface area contributed by atoms with Gasteiger partial charge in [-0.15, -0.1) is 0 Å². The van der Waals surface area contributed by atoms with E-state index in [1.165, 1.54) is 0 Å². The van der Waals surface area contributed by atoms with Gasteiger partial charge in [0.1, 0.15) is 5.52 Å². The molecular weight excluding hydrogens is 190 g/mol. The van der Waals surface area contributed by atoms with Crippen molar-refractivity contribution in [2.45, 2.75) is 6.42 Å². The normalized spacial score (nSPS) is 10.8. The molecule has 0 radical (unpaired) electrons. The minimum absolute atomic E-state index is 0.657. The van der Waals surface area contributed by atoms with Crippen molar-refractivity contribution in [3.8, 4) is 0 Å². The summed E-state index contributed by atoms with van der Waals surface area (Å²) in [7, 11) is 1.96. The highest BCUT2D eigenvalue weighted by atomic mass is 16.4. The van der Waals surface area contributed by atoms with Crippen LogP contribution in [0.5, 0.6) is 0 Å².